The summed E-state index contributed by atoms with van der Waals surface area (Å²) in [6.07, 6.45) is 13.7. The fourth-order valence-electron chi connectivity index (χ4n) is 5.17. The zero-order valence-corrected chi connectivity index (χ0v) is 21.2. The highest BCUT2D eigenvalue weighted by Gasteiger charge is 2.29. The number of aromatic nitrogens is 5. The molecule has 1 saturated heterocycles. The molecule has 2 N–H and O–H groups in total. The average Bonchev–Trinajstić information content (AvgIpc) is 3.43. The largest absolute Gasteiger partial charge is 0.366 e. The molecule has 0 spiro atoms. The fourth-order valence-corrected chi connectivity index (χ4v) is 5.44. The van der Waals surface area contributed by atoms with Crippen LogP contribution in [-0.2, 0) is 4.79 Å². The first kappa shape index (κ1) is 23.4. The summed E-state index contributed by atoms with van der Waals surface area (Å²) in [7, 11) is 0. The van der Waals surface area contributed by atoms with Gasteiger partial charge in [0.15, 0.2) is 11.5 Å². The summed E-state index contributed by atoms with van der Waals surface area (Å²) in [4.78, 5) is 38.1. The van der Waals surface area contributed by atoms with E-state index in [2.05, 4.69) is 43.2 Å². The average molecular weight is 515 g/mol. The maximum Gasteiger partial charge on any atom is 0.229 e. The summed E-state index contributed by atoms with van der Waals surface area (Å²) in [5, 5.41) is 5.07. The maximum atomic E-state index is 13.1. The van der Waals surface area contributed by atoms with E-state index < -0.39 is 0 Å². The van der Waals surface area contributed by atoms with Crippen molar-refractivity contribution in [1.82, 2.24) is 29.8 Å². The molecule has 37 heavy (non-hydrogen) atoms. The van der Waals surface area contributed by atoms with Crippen molar-refractivity contribution in [3.63, 3.8) is 0 Å². The lowest BCUT2D eigenvalue weighted by molar-refractivity contribution is -0.134. The number of carbonyl (C=O) groups excluding carboxylic acids is 1. The minimum atomic E-state index is -0.140. The maximum absolute atomic E-state index is 13.1. The molecule has 4 heterocycles. The van der Waals surface area contributed by atoms with Crippen LogP contribution in [0, 0.1) is 5.92 Å². The van der Waals surface area contributed by atoms with Crippen molar-refractivity contribution in [3.8, 4) is 0 Å². The van der Waals surface area contributed by atoms with Gasteiger partial charge in [0.1, 0.15) is 11.8 Å². The molecule has 1 aliphatic carbocycles. The van der Waals surface area contributed by atoms with Crippen molar-refractivity contribution in [2.75, 3.05) is 36.4 Å². The molecule has 2 aliphatic rings. The molecule has 1 aromatic carbocycles. The molecule has 3 aromatic heterocycles. The number of hydrogen-bond donors (Lipinski definition) is 2. The number of fused-ring (bicyclic) bond motifs is 2. The molecule has 0 radical (unpaired) electrons. The van der Waals surface area contributed by atoms with Crippen LogP contribution in [0.15, 0.2) is 61.4 Å². The normalized spacial score (nSPS) is 18.5. The van der Waals surface area contributed by atoms with Crippen LogP contribution in [0.1, 0.15) is 24.9 Å². The first-order valence-corrected chi connectivity index (χ1v) is 12.8. The van der Waals surface area contributed by atoms with Crippen molar-refractivity contribution in [2.45, 2.75) is 19.4 Å². The number of imidazole rings is 1. The second-order valence-corrected chi connectivity index (χ2v) is 9.76. The van der Waals surface area contributed by atoms with E-state index in [-0.39, 0.29) is 17.9 Å². The molecule has 6 rings (SSSR count). The lowest BCUT2D eigenvalue weighted by Gasteiger charge is -2.39. The Morgan fingerprint density at radius 1 is 1.16 bits per heavy atom. The Hall–Kier alpha value is -3.98. The number of carbonyl (C=O) groups is 1. The van der Waals surface area contributed by atoms with E-state index in [1.807, 2.05) is 41.3 Å². The summed E-state index contributed by atoms with van der Waals surface area (Å²) < 4.78 is 0. The molecule has 0 saturated carbocycles. The summed E-state index contributed by atoms with van der Waals surface area (Å²) >= 11 is 6.76. The summed E-state index contributed by atoms with van der Waals surface area (Å²) in [5.74, 6) is 0.798. The zero-order valence-electron chi connectivity index (χ0n) is 20.4. The minimum absolute atomic E-state index is 0.0680. The fraction of sp³-hybridized carbons (Fsp3) is 0.296. The molecule has 2 unspecified atom stereocenters. The highest BCUT2D eigenvalue weighted by atomic mass is 35.5. The number of hydrogen-bond acceptors (Lipinski definition) is 7. The lowest BCUT2D eigenvalue weighted by atomic mass is 9.98. The zero-order chi connectivity index (χ0) is 25.4. The van der Waals surface area contributed by atoms with Gasteiger partial charge >= 0.3 is 0 Å². The van der Waals surface area contributed by atoms with E-state index in [1.54, 1.807) is 12.5 Å². The van der Waals surface area contributed by atoms with E-state index in [0.29, 0.717) is 42.7 Å². The van der Waals surface area contributed by atoms with Gasteiger partial charge < -0.3 is 20.1 Å². The van der Waals surface area contributed by atoms with E-state index in [0.717, 1.165) is 34.1 Å². The molecule has 1 amide bonds. The second kappa shape index (κ2) is 9.82. The highest BCUT2D eigenvalue weighted by Crippen LogP contribution is 2.39. The van der Waals surface area contributed by atoms with Gasteiger partial charge in [0.2, 0.25) is 5.91 Å². The van der Waals surface area contributed by atoms with Gasteiger partial charge in [0.05, 0.1) is 34.5 Å². The summed E-state index contributed by atoms with van der Waals surface area (Å²) in [5.41, 5.74) is 4.25. The van der Waals surface area contributed by atoms with Crippen molar-refractivity contribution in [2.24, 2.45) is 5.92 Å². The summed E-state index contributed by atoms with van der Waals surface area (Å²) in [6, 6.07) is 5.77. The molecule has 10 heteroatoms. The number of pyridine rings is 1. The number of rotatable bonds is 5. The number of benzene rings is 1. The Kier molecular flexibility index (Phi) is 6.21. The Morgan fingerprint density at radius 3 is 2.84 bits per heavy atom. The topological polar surface area (TPSA) is 103 Å². The smallest absolute Gasteiger partial charge is 0.229 e. The summed E-state index contributed by atoms with van der Waals surface area (Å²) in [6.45, 7) is 4.82. The van der Waals surface area contributed by atoms with Gasteiger partial charge in [-0.15, -0.1) is 0 Å². The monoisotopic (exact) mass is 514 g/mol. The Balaban J connectivity index is 1.31. The quantitative estimate of drug-likeness (QED) is 0.404. The van der Waals surface area contributed by atoms with E-state index >= 15 is 0 Å². The third-order valence-electron chi connectivity index (χ3n) is 7.09. The number of piperazine rings is 1. The van der Waals surface area contributed by atoms with Gasteiger partial charge in [0.25, 0.3) is 0 Å². The van der Waals surface area contributed by atoms with Crippen LogP contribution in [0.2, 0.25) is 5.02 Å². The van der Waals surface area contributed by atoms with Crippen molar-refractivity contribution in [3.05, 3.63) is 71.9 Å². The van der Waals surface area contributed by atoms with Crippen LogP contribution in [0.5, 0.6) is 0 Å². The van der Waals surface area contributed by atoms with Crippen molar-refractivity contribution < 1.29 is 4.79 Å². The lowest BCUT2D eigenvalue weighted by Crippen LogP contribution is -2.50. The van der Waals surface area contributed by atoms with Crippen LogP contribution in [0.25, 0.3) is 22.1 Å². The Morgan fingerprint density at radius 2 is 2.03 bits per heavy atom. The molecule has 4 aromatic rings. The van der Waals surface area contributed by atoms with Gasteiger partial charge in [0, 0.05) is 43.3 Å². The number of nitrogens with zero attached hydrogens (tertiary/aromatic N) is 6. The molecule has 1 aliphatic heterocycles. The number of halogens is 1. The van der Waals surface area contributed by atoms with Crippen LogP contribution in [0.4, 0.5) is 11.5 Å². The first-order valence-electron chi connectivity index (χ1n) is 12.4. The van der Waals surface area contributed by atoms with E-state index in [9.17, 15) is 4.79 Å². The van der Waals surface area contributed by atoms with Crippen LogP contribution in [-0.4, -0.2) is 61.9 Å². The molecular formula is C27H27ClN8O. The molecular weight excluding hydrogens is 488 g/mol. The molecule has 188 valence electrons. The van der Waals surface area contributed by atoms with E-state index in [1.165, 1.54) is 6.33 Å². The van der Waals surface area contributed by atoms with Crippen molar-refractivity contribution >= 4 is 51.1 Å². The third kappa shape index (κ3) is 4.40. The molecule has 2 atom stereocenters. The minimum Gasteiger partial charge on any atom is -0.366 e. The number of nitrogens with one attached hydrogen (secondary N) is 2. The van der Waals surface area contributed by atoms with E-state index in [4.69, 9.17) is 16.6 Å². The van der Waals surface area contributed by atoms with Gasteiger partial charge in [-0.1, -0.05) is 35.9 Å². The molecule has 0 bridgehead atoms. The number of allylic oxidation sites excluding steroid dienone is 3. The third-order valence-corrected chi connectivity index (χ3v) is 7.41. The number of anilines is 2. The van der Waals surface area contributed by atoms with Gasteiger partial charge in [-0.25, -0.2) is 15.0 Å². The van der Waals surface area contributed by atoms with Crippen molar-refractivity contribution in [1.29, 1.82) is 0 Å². The predicted octanol–water partition coefficient (Wildman–Crippen LogP) is 4.51. The van der Waals surface area contributed by atoms with Crippen LogP contribution in [0.3, 0.4) is 0 Å². The number of aromatic amines is 1. The van der Waals surface area contributed by atoms with Gasteiger partial charge in [-0.05, 0) is 31.5 Å². The van der Waals surface area contributed by atoms with Gasteiger partial charge in [-0.3, -0.25) is 9.78 Å². The van der Waals surface area contributed by atoms with Crippen LogP contribution < -0.4 is 10.2 Å². The number of H-pyrrole nitrogens is 1. The van der Waals surface area contributed by atoms with Crippen LogP contribution >= 0.6 is 11.6 Å². The van der Waals surface area contributed by atoms with Gasteiger partial charge in [-0.2, -0.15) is 0 Å². The first-order chi connectivity index (χ1) is 18.1. The second-order valence-electron chi connectivity index (χ2n) is 9.35. The number of amides is 1. The highest BCUT2D eigenvalue weighted by molar-refractivity contribution is 6.36. The predicted molar refractivity (Wildman–Crippen MR) is 146 cm³/mol. The Labute approximate surface area is 219 Å². The SMILES string of the molecule is CC(Nc1ncnc2nc[nH]c12)c1cc(Cl)c2cccnc2c1N1CCN(C(=O)C2C=CC=CC2)CC1. The standard InChI is InChI=1S/C27H27ClN8O/c1-17(34-26-23-25(31-15-30-23)32-16-33-26)20-14-21(28)19-8-5-9-29-22(19)24(20)35-10-12-36(13-11-35)27(37)18-6-3-2-4-7-18/h2-6,8-9,14-18H,7,10-13H2,1H3,(H2,30,31,32,33,34). The molecule has 9 nitrogen and oxygen atoms in total. The molecule has 1 fully saturated rings. The Bertz CT molecular complexity index is 1520.